The molecule has 0 radical (unpaired) electrons. The molecule has 2 saturated heterocycles. The predicted octanol–water partition coefficient (Wildman–Crippen LogP) is 2.73. The minimum atomic E-state index is -2.64. The molecule has 0 unspecified atom stereocenters. The van der Waals surface area contributed by atoms with Crippen LogP contribution < -0.4 is 0 Å². The van der Waals surface area contributed by atoms with E-state index < -0.39 is 6.43 Å². The van der Waals surface area contributed by atoms with Crippen LogP contribution in [0.25, 0.3) is 5.78 Å². The van der Waals surface area contributed by atoms with Crippen LogP contribution in [-0.4, -0.2) is 56.2 Å². The summed E-state index contributed by atoms with van der Waals surface area (Å²) in [4.78, 5) is 22.6. The molecule has 27 heavy (non-hydrogen) atoms. The molecule has 7 nitrogen and oxygen atoms in total. The minimum absolute atomic E-state index is 0.0476. The van der Waals surface area contributed by atoms with E-state index in [1.54, 1.807) is 0 Å². The highest BCUT2D eigenvalue weighted by Gasteiger charge is 2.27. The van der Waals surface area contributed by atoms with E-state index in [0.717, 1.165) is 30.4 Å². The fraction of sp³-hybridized carbons (Fsp3) is 0.667. The van der Waals surface area contributed by atoms with Gasteiger partial charge < -0.3 is 9.64 Å². The number of hydrogen-bond acceptors (Lipinski definition) is 5. The van der Waals surface area contributed by atoms with Crippen molar-refractivity contribution < 1.29 is 18.3 Å². The summed E-state index contributed by atoms with van der Waals surface area (Å²) in [5.41, 5.74) is 0.417. The largest absolute Gasteiger partial charge is 0.378 e. The van der Waals surface area contributed by atoms with Crippen LogP contribution >= 0.6 is 0 Å². The van der Waals surface area contributed by atoms with Gasteiger partial charge in [0.15, 0.2) is 0 Å². The van der Waals surface area contributed by atoms with Crippen molar-refractivity contribution >= 4 is 11.7 Å². The van der Waals surface area contributed by atoms with Crippen LogP contribution in [0.2, 0.25) is 0 Å². The van der Waals surface area contributed by atoms with E-state index in [1.165, 1.54) is 12.4 Å². The Morgan fingerprint density at radius 2 is 2.11 bits per heavy atom. The summed E-state index contributed by atoms with van der Waals surface area (Å²) < 4.78 is 33.3. The van der Waals surface area contributed by atoms with Crippen LogP contribution in [0.5, 0.6) is 0 Å². The smallest absolute Gasteiger partial charge is 0.280 e. The average Bonchev–Trinajstić information content (AvgIpc) is 3.36. The van der Waals surface area contributed by atoms with Gasteiger partial charge in [0.1, 0.15) is 12.0 Å². The molecule has 0 aromatic carbocycles. The highest BCUT2D eigenvalue weighted by atomic mass is 19.3. The van der Waals surface area contributed by atoms with Crippen molar-refractivity contribution in [2.45, 2.75) is 57.0 Å². The molecule has 9 heteroatoms. The molecule has 4 heterocycles. The lowest BCUT2D eigenvalue weighted by Gasteiger charge is -2.32. The van der Waals surface area contributed by atoms with Gasteiger partial charge in [-0.05, 0) is 38.2 Å². The Bertz CT molecular complexity index is 798. The van der Waals surface area contributed by atoms with Crippen LogP contribution in [0.15, 0.2) is 12.4 Å². The summed E-state index contributed by atoms with van der Waals surface area (Å²) in [5.74, 6) is 0.391. The summed E-state index contributed by atoms with van der Waals surface area (Å²) >= 11 is 0. The topological polar surface area (TPSA) is 72.6 Å². The Morgan fingerprint density at radius 3 is 2.81 bits per heavy atom. The van der Waals surface area contributed by atoms with Gasteiger partial charge in [0.2, 0.25) is 5.91 Å². The van der Waals surface area contributed by atoms with Crippen molar-refractivity contribution in [2.24, 2.45) is 0 Å². The second-order valence-corrected chi connectivity index (χ2v) is 7.21. The number of rotatable bonds is 5. The number of carbonyl (C=O) groups is 1. The molecule has 0 N–H and O–H groups in total. The van der Waals surface area contributed by atoms with Crippen molar-refractivity contribution in [1.82, 2.24) is 24.5 Å². The minimum Gasteiger partial charge on any atom is -0.378 e. The molecule has 2 aromatic heterocycles. The van der Waals surface area contributed by atoms with E-state index in [-0.39, 0.29) is 29.4 Å². The fourth-order valence-electron chi connectivity index (χ4n) is 3.96. The zero-order chi connectivity index (χ0) is 18.8. The number of halogens is 2. The van der Waals surface area contributed by atoms with E-state index in [1.807, 2.05) is 4.90 Å². The van der Waals surface area contributed by atoms with Gasteiger partial charge >= 0.3 is 0 Å². The SMILES string of the molecule is O=C(CC[C@H]1CCCO1)N1CCC(c2cc(C(F)F)n3ncnc3n2)CC1. The monoisotopic (exact) mass is 379 g/mol. The quantitative estimate of drug-likeness (QED) is 0.799. The van der Waals surface area contributed by atoms with Gasteiger partial charge in [0.25, 0.3) is 12.2 Å². The lowest BCUT2D eigenvalue weighted by Crippen LogP contribution is -2.38. The third-order valence-corrected chi connectivity index (χ3v) is 5.49. The molecule has 2 fully saturated rings. The molecule has 2 aromatic rings. The number of likely N-dealkylation sites (tertiary alicyclic amines) is 1. The Hall–Kier alpha value is -2.16. The zero-order valence-electron chi connectivity index (χ0n) is 15.1. The van der Waals surface area contributed by atoms with Crippen LogP contribution in [0.1, 0.15) is 62.3 Å². The van der Waals surface area contributed by atoms with Crippen molar-refractivity contribution in [2.75, 3.05) is 19.7 Å². The third-order valence-electron chi connectivity index (χ3n) is 5.49. The summed E-state index contributed by atoms with van der Waals surface area (Å²) in [6.45, 7) is 2.05. The van der Waals surface area contributed by atoms with Gasteiger partial charge in [0.05, 0.1) is 6.10 Å². The zero-order valence-corrected chi connectivity index (χ0v) is 15.1. The number of ether oxygens (including phenoxy) is 1. The molecular formula is C18H23F2N5O2. The van der Waals surface area contributed by atoms with Crippen LogP contribution in [0.3, 0.4) is 0 Å². The molecule has 146 valence electrons. The Morgan fingerprint density at radius 1 is 1.30 bits per heavy atom. The first-order chi connectivity index (χ1) is 13.1. The summed E-state index contributed by atoms with van der Waals surface area (Å²) in [6, 6.07) is 1.42. The first-order valence-corrected chi connectivity index (χ1v) is 9.50. The van der Waals surface area contributed by atoms with Crippen molar-refractivity contribution in [3.63, 3.8) is 0 Å². The molecule has 2 aliphatic rings. The van der Waals surface area contributed by atoms with Crippen molar-refractivity contribution in [1.29, 1.82) is 0 Å². The number of hydrogen-bond donors (Lipinski definition) is 0. The first kappa shape index (κ1) is 18.2. The molecule has 0 saturated carbocycles. The molecule has 1 atom stereocenters. The number of aromatic nitrogens is 4. The lowest BCUT2D eigenvalue weighted by atomic mass is 9.92. The van der Waals surface area contributed by atoms with E-state index in [4.69, 9.17) is 4.74 Å². The van der Waals surface area contributed by atoms with E-state index in [2.05, 4.69) is 15.1 Å². The van der Waals surface area contributed by atoms with E-state index in [9.17, 15) is 13.6 Å². The van der Waals surface area contributed by atoms with Gasteiger partial charge in [-0.15, -0.1) is 0 Å². The molecule has 0 spiro atoms. The van der Waals surface area contributed by atoms with Gasteiger partial charge in [-0.2, -0.15) is 14.6 Å². The molecule has 0 bridgehead atoms. The van der Waals surface area contributed by atoms with Crippen LogP contribution in [0.4, 0.5) is 8.78 Å². The number of amides is 1. The number of carbonyl (C=O) groups excluding carboxylic acids is 1. The van der Waals surface area contributed by atoms with Gasteiger partial charge in [-0.1, -0.05) is 0 Å². The van der Waals surface area contributed by atoms with Crippen molar-refractivity contribution in [3.05, 3.63) is 23.8 Å². The van der Waals surface area contributed by atoms with Crippen molar-refractivity contribution in [3.8, 4) is 0 Å². The number of alkyl halides is 2. The number of fused-ring (bicyclic) bond motifs is 1. The van der Waals surface area contributed by atoms with Crippen LogP contribution in [-0.2, 0) is 9.53 Å². The molecule has 1 amide bonds. The summed E-state index contributed by atoms with van der Waals surface area (Å²) in [5, 5.41) is 3.81. The fourth-order valence-corrected chi connectivity index (χ4v) is 3.96. The van der Waals surface area contributed by atoms with Gasteiger partial charge in [-0.3, -0.25) is 4.79 Å². The maximum atomic E-state index is 13.3. The Labute approximate surface area is 155 Å². The maximum Gasteiger partial charge on any atom is 0.280 e. The van der Waals surface area contributed by atoms with Crippen LogP contribution in [0, 0.1) is 0 Å². The maximum absolute atomic E-state index is 13.3. The molecule has 4 rings (SSSR count). The average molecular weight is 379 g/mol. The van der Waals surface area contributed by atoms with Gasteiger partial charge in [-0.25, -0.2) is 13.8 Å². The summed E-state index contributed by atoms with van der Waals surface area (Å²) in [6.07, 6.45) is 3.64. The number of piperidine rings is 1. The van der Waals surface area contributed by atoms with E-state index in [0.29, 0.717) is 38.0 Å². The van der Waals surface area contributed by atoms with Gasteiger partial charge in [0, 0.05) is 37.7 Å². The standard InChI is InChI=1S/C18H23F2N5O2/c19-17(20)15-10-14(23-18-21-11-22-25(15)18)12-5-7-24(8-6-12)16(26)4-3-13-2-1-9-27-13/h10-13,17H,1-9H2/t13-/m1/s1. The molecular weight excluding hydrogens is 356 g/mol. The molecule has 0 aliphatic carbocycles. The predicted molar refractivity (Wildman–Crippen MR) is 92.5 cm³/mol. The summed E-state index contributed by atoms with van der Waals surface area (Å²) in [7, 11) is 0. The Kier molecular flexibility index (Phi) is 5.29. The normalized spacial score (nSPS) is 21.4. The number of nitrogens with zero attached hydrogens (tertiary/aromatic N) is 5. The second kappa shape index (κ2) is 7.84. The highest BCUT2D eigenvalue weighted by Crippen LogP contribution is 2.30. The third kappa shape index (κ3) is 3.92. The van der Waals surface area contributed by atoms with E-state index >= 15 is 0 Å². The highest BCUT2D eigenvalue weighted by molar-refractivity contribution is 5.76. The lowest BCUT2D eigenvalue weighted by molar-refractivity contribution is -0.132. The first-order valence-electron chi connectivity index (χ1n) is 9.50. The molecule has 2 aliphatic heterocycles. The Balaban J connectivity index is 1.37. The second-order valence-electron chi connectivity index (χ2n) is 7.21.